The topological polar surface area (TPSA) is 93.7 Å². The van der Waals surface area contributed by atoms with E-state index in [4.69, 9.17) is 4.74 Å². The zero-order valence-corrected chi connectivity index (χ0v) is 13.7. The van der Waals surface area contributed by atoms with E-state index >= 15 is 0 Å². The average Bonchev–Trinajstić information content (AvgIpc) is 3.04. The molecule has 0 spiro atoms. The van der Waals surface area contributed by atoms with E-state index < -0.39 is 5.92 Å². The second-order valence-corrected chi connectivity index (χ2v) is 5.32. The van der Waals surface area contributed by atoms with Gasteiger partial charge < -0.3 is 9.30 Å². The number of hydrogen-bond acceptors (Lipinski definition) is 6. The van der Waals surface area contributed by atoms with Gasteiger partial charge in [0, 0.05) is 30.4 Å². The fourth-order valence-corrected chi connectivity index (χ4v) is 2.48. The van der Waals surface area contributed by atoms with E-state index in [0.29, 0.717) is 23.1 Å². The lowest BCUT2D eigenvalue weighted by molar-refractivity contribution is 0.0974. The van der Waals surface area contributed by atoms with Crippen LogP contribution in [0.2, 0.25) is 0 Å². The molecule has 0 radical (unpaired) electrons. The molecule has 3 rings (SSSR count). The highest BCUT2D eigenvalue weighted by atomic mass is 16.5. The third-order valence-corrected chi connectivity index (χ3v) is 3.82. The zero-order valence-electron chi connectivity index (χ0n) is 13.7. The van der Waals surface area contributed by atoms with Gasteiger partial charge in [-0.2, -0.15) is 5.26 Å². The first-order valence-corrected chi connectivity index (χ1v) is 7.54. The first-order valence-electron chi connectivity index (χ1n) is 7.54. The van der Waals surface area contributed by atoms with E-state index in [9.17, 15) is 10.1 Å². The summed E-state index contributed by atoms with van der Waals surface area (Å²) >= 11 is 0. The third kappa shape index (κ3) is 3.10. The van der Waals surface area contributed by atoms with E-state index in [-0.39, 0.29) is 5.78 Å². The number of hydrogen-bond donors (Lipinski definition) is 0. The fourth-order valence-electron chi connectivity index (χ4n) is 2.48. The Bertz CT molecular complexity index is 926. The molecule has 0 aliphatic rings. The molecule has 0 bridgehead atoms. The summed E-state index contributed by atoms with van der Waals surface area (Å²) in [6.07, 6.45) is 1.39. The average molecular weight is 333 g/mol. The van der Waals surface area contributed by atoms with Crippen molar-refractivity contribution in [1.82, 2.24) is 19.7 Å². The molecule has 7 nitrogen and oxygen atoms in total. The number of benzene rings is 1. The normalized spacial score (nSPS) is 11.6. The molecule has 0 aliphatic carbocycles. The second kappa shape index (κ2) is 6.93. The molecule has 1 aromatic carbocycles. The fraction of sp³-hybridized carbons (Fsp3) is 0.167. The number of rotatable bonds is 5. The van der Waals surface area contributed by atoms with Crippen LogP contribution in [0.1, 0.15) is 22.1 Å². The van der Waals surface area contributed by atoms with E-state index in [0.717, 1.165) is 5.56 Å². The van der Waals surface area contributed by atoms with E-state index in [1.54, 1.807) is 23.7 Å². The molecule has 0 saturated carbocycles. The summed E-state index contributed by atoms with van der Waals surface area (Å²) in [4.78, 5) is 16.7. The van der Waals surface area contributed by atoms with Crippen LogP contribution in [0.4, 0.5) is 0 Å². The minimum atomic E-state index is -1.06. The smallest absolute Gasteiger partial charge is 0.212 e. The minimum Gasteiger partial charge on any atom is -0.481 e. The van der Waals surface area contributed by atoms with Gasteiger partial charge in [-0.25, -0.2) is 4.98 Å². The van der Waals surface area contributed by atoms with Gasteiger partial charge in [-0.3, -0.25) is 4.79 Å². The second-order valence-electron chi connectivity index (χ2n) is 5.32. The Morgan fingerprint density at radius 1 is 1.20 bits per heavy atom. The van der Waals surface area contributed by atoms with Crippen molar-refractivity contribution in [2.24, 2.45) is 7.05 Å². The van der Waals surface area contributed by atoms with Gasteiger partial charge in [-0.05, 0) is 6.07 Å². The van der Waals surface area contributed by atoms with Gasteiger partial charge in [0.25, 0.3) is 0 Å². The maximum atomic E-state index is 12.7. The summed E-state index contributed by atoms with van der Waals surface area (Å²) in [5, 5.41) is 17.7. The van der Waals surface area contributed by atoms with Gasteiger partial charge in [-0.15, -0.1) is 10.2 Å². The highest BCUT2D eigenvalue weighted by Crippen LogP contribution is 2.23. The Hall–Kier alpha value is -3.53. The van der Waals surface area contributed by atoms with Crippen molar-refractivity contribution in [3.8, 4) is 23.3 Å². The summed E-state index contributed by atoms with van der Waals surface area (Å²) in [5.41, 5.74) is 1.18. The molecular formula is C18H15N5O2. The van der Waals surface area contributed by atoms with Gasteiger partial charge >= 0.3 is 0 Å². The van der Waals surface area contributed by atoms with Crippen LogP contribution in [0.25, 0.3) is 11.4 Å². The monoisotopic (exact) mass is 333 g/mol. The zero-order chi connectivity index (χ0) is 17.8. The Morgan fingerprint density at radius 2 is 1.96 bits per heavy atom. The number of ether oxygens (including phenoxy) is 1. The largest absolute Gasteiger partial charge is 0.481 e. The molecule has 3 aromatic rings. The van der Waals surface area contributed by atoms with Crippen LogP contribution < -0.4 is 4.74 Å². The standard InChI is InChI=1S/C18H15N5O2/c1-23-17(12-6-4-3-5-7-12)21-22-18(23)14(10-19)16(24)13-8-9-15(25-2)20-11-13/h3-9,11,14H,1-2H3/t14-/m0/s1. The van der Waals surface area contributed by atoms with Gasteiger partial charge in [0.1, 0.15) is 0 Å². The first-order chi connectivity index (χ1) is 12.2. The minimum absolute atomic E-state index is 0.294. The predicted octanol–water partition coefficient (Wildman–Crippen LogP) is 2.38. The molecule has 1 atom stereocenters. The molecule has 0 unspecified atom stereocenters. The first kappa shape index (κ1) is 16.3. The number of ketones is 1. The number of pyridine rings is 1. The van der Waals surface area contributed by atoms with Crippen molar-refractivity contribution in [2.75, 3.05) is 7.11 Å². The summed E-state index contributed by atoms with van der Waals surface area (Å²) in [6.45, 7) is 0. The summed E-state index contributed by atoms with van der Waals surface area (Å²) in [7, 11) is 3.23. The van der Waals surface area contributed by atoms with Crippen molar-refractivity contribution >= 4 is 5.78 Å². The summed E-state index contributed by atoms with van der Waals surface area (Å²) < 4.78 is 6.64. The van der Waals surface area contributed by atoms with Crippen LogP contribution >= 0.6 is 0 Å². The van der Waals surface area contributed by atoms with Gasteiger partial charge in [0.15, 0.2) is 23.3 Å². The van der Waals surface area contributed by atoms with Crippen LogP contribution in [-0.4, -0.2) is 32.6 Å². The van der Waals surface area contributed by atoms with Crippen LogP contribution in [-0.2, 0) is 7.05 Å². The molecule has 0 N–H and O–H groups in total. The number of carbonyl (C=O) groups excluding carboxylic acids is 1. The molecule has 2 heterocycles. The van der Waals surface area contributed by atoms with Gasteiger partial charge in [-0.1, -0.05) is 30.3 Å². The molecule has 124 valence electrons. The molecule has 0 fully saturated rings. The van der Waals surface area contributed by atoms with Crippen LogP contribution in [0.15, 0.2) is 48.7 Å². The maximum absolute atomic E-state index is 12.7. The van der Waals surface area contributed by atoms with Crippen molar-refractivity contribution < 1.29 is 9.53 Å². The number of methoxy groups -OCH3 is 1. The van der Waals surface area contributed by atoms with Crippen molar-refractivity contribution in [3.63, 3.8) is 0 Å². The van der Waals surface area contributed by atoms with Crippen LogP contribution in [0.5, 0.6) is 5.88 Å². The van der Waals surface area contributed by atoms with Crippen molar-refractivity contribution in [1.29, 1.82) is 5.26 Å². The van der Waals surface area contributed by atoms with E-state index in [2.05, 4.69) is 15.2 Å². The number of nitrogens with zero attached hydrogens (tertiary/aromatic N) is 5. The third-order valence-electron chi connectivity index (χ3n) is 3.82. The predicted molar refractivity (Wildman–Crippen MR) is 89.9 cm³/mol. The number of carbonyl (C=O) groups is 1. The summed E-state index contributed by atoms with van der Waals surface area (Å²) in [5.74, 6) is -0.160. The molecule has 0 amide bonds. The highest BCUT2D eigenvalue weighted by Gasteiger charge is 2.28. The van der Waals surface area contributed by atoms with E-state index in [1.165, 1.54) is 13.3 Å². The molecule has 0 saturated heterocycles. The molecule has 25 heavy (non-hydrogen) atoms. The highest BCUT2D eigenvalue weighted by molar-refractivity contribution is 6.02. The van der Waals surface area contributed by atoms with E-state index in [1.807, 2.05) is 36.4 Å². The molecule has 2 aromatic heterocycles. The molecular weight excluding hydrogens is 318 g/mol. The van der Waals surface area contributed by atoms with Gasteiger partial charge in [0.2, 0.25) is 5.88 Å². The van der Waals surface area contributed by atoms with Crippen LogP contribution in [0.3, 0.4) is 0 Å². The SMILES string of the molecule is COc1ccc(C(=O)[C@H](C#N)c2nnc(-c3ccccc3)n2C)cn1. The lowest BCUT2D eigenvalue weighted by atomic mass is 9.99. The number of Topliss-reactive ketones (excluding diaryl/α,β-unsaturated/α-hetero) is 1. The van der Waals surface area contributed by atoms with Crippen LogP contribution in [0, 0.1) is 11.3 Å². The van der Waals surface area contributed by atoms with Crippen molar-refractivity contribution in [2.45, 2.75) is 5.92 Å². The quantitative estimate of drug-likeness (QED) is 0.665. The maximum Gasteiger partial charge on any atom is 0.212 e. The number of aromatic nitrogens is 4. The Labute approximate surface area is 144 Å². The van der Waals surface area contributed by atoms with Crippen molar-refractivity contribution in [3.05, 3.63) is 60.0 Å². The Morgan fingerprint density at radius 3 is 2.56 bits per heavy atom. The Kier molecular flexibility index (Phi) is 4.53. The lowest BCUT2D eigenvalue weighted by Gasteiger charge is -2.09. The number of nitriles is 1. The molecule has 0 aliphatic heterocycles. The Balaban J connectivity index is 1.95. The summed E-state index contributed by atoms with van der Waals surface area (Å²) in [6, 6.07) is 14.6. The lowest BCUT2D eigenvalue weighted by Crippen LogP contribution is -2.16. The van der Waals surface area contributed by atoms with Gasteiger partial charge in [0.05, 0.1) is 13.2 Å². The molecule has 7 heteroatoms.